The molecule has 1 aromatic carbocycles. The minimum Gasteiger partial charge on any atom is -0.336 e. The first-order valence-electron chi connectivity index (χ1n) is 10.0. The van der Waals surface area contributed by atoms with Crippen LogP contribution in [0.25, 0.3) is 5.52 Å². The monoisotopic (exact) mass is 390 g/mol. The van der Waals surface area contributed by atoms with Gasteiger partial charge < -0.3 is 10.2 Å². The van der Waals surface area contributed by atoms with E-state index in [1.807, 2.05) is 42.5 Å². The minimum atomic E-state index is -0.322. The van der Waals surface area contributed by atoms with E-state index in [2.05, 4.69) is 31.1 Å². The third kappa shape index (κ3) is 3.75. The quantitative estimate of drug-likeness (QED) is 0.731. The van der Waals surface area contributed by atoms with Crippen molar-refractivity contribution in [3.8, 4) is 0 Å². The van der Waals surface area contributed by atoms with E-state index in [0.717, 1.165) is 25.9 Å². The van der Waals surface area contributed by atoms with Gasteiger partial charge in [0.15, 0.2) is 5.69 Å². The van der Waals surface area contributed by atoms with Gasteiger partial charge in [-0.2, -0.15) is 0 Å². The molecule has 0 radical (unpaired) electrons. The zero-order valence-electron chi connectivity index (χ0n) is 17.1. The number of imidazole rings is 1. The molecule has 0 saturated carbocycles. The van der Waals surface area contributed by atoms with Crippen LogP contribution in [0.3, 0.4) is 0 Å². The minimum absolute atomic E-state index is 0.0491. The maximum absolute atomic E-state index is 13.0. The topological polar surface area (TPSA) is 66.7 Å². The Morgan fingerprint density at radius 1 is 1.00 bits per heavy atom. The van der Waals surface area contributed by atoms with E-state index in [1.165, 1.54) is 5.56 Å². The van der Waals surface area contributed by atoms with Gasteiger partial charge in [0.25, 0.3) is 11.8 Å². The normalized spacial score (nSPS) is 14.4. The Morgan fingerprint density at radius 2 is 1.69 bits per heavy atom. The van der Waals surface area contributed by atoms with Crippen molar-refractivity contribution in [2.45, 2.75) is 39.0 Å². The van der Waals surface area contributed by atoms with Crippen LogP contribution in [0.2, 0.25) is 0 Å². The molecule has 4 rings (SSSR count). The molecule has 0 atom stereocenters. The third-order valence-corrected chi connectivity index (χ3v) is 5.36. The van der Waals surface area contributed by atoms with Crippen molar-refractivity contribution in [2.75, 3.05) is 18.4 Å². The summed E-state index contributed by atoms with van der Waals surface area (Å²) < 4.78 is 1.71. The number of carbonyl (C=O) groups is 2. The van der Waals surface area contributed by atoms with Crippen molar-refractivity contribution < 1.29 is 9.59 Å². The molecule has 0 spiro atoms. The molecule has 0 unspecified atom stereocenters. The molecule has 0 aliphatic carbocycles. The fourth-order valence-corrected chi connectivity index (χ4v) is 3.66. The summed E-state index contributed by atoms with van der Waals surface area (Å²) >= 11 is 0. The average Bonchev–Trinajstić information content (AvgIpc) is 3.35. The van der Waals surface area contributed by atoms with Crippen LogP contribution in [0.5, 0.6) is 0 Å². The van der Waals surface area contributed by atoms with Crippen LogP contribution in [0.1, 0.15) is 60.3 Å². The Balaban J connectivity index is 1.63. The van der Waals surface area contributed by atoms with Gasteiger partial charge in [-0.25, -0.2) is 4.98 Å². The van der Waals surface area contributed by atoms with Crippen molar-refractivity contribution >= 4 is 23.0 Å². The second-order valence-electron chi connectivity index (χ2n) is 8.52. The van der Waals surface area contributed by atoms with Crippen molar-refractivity contribution in [2.24, 2.45) is 0 Å². The number of aromatic nitrogens is 2. The summed E-state index contributed by atoms with van der Waals surface area (Å²) in [7, 11) is 0. The van der Waals surface area contributed by atoms with Crippen molar-refractivity contribution in [3.63, 3.8) is 0 Å². The summed E-state index contributed by atoms with van der Waals surface area (Å²) in [6, 6.07) is 13.3. The number of hydrogen-bond donors (Lipinski definition) is 1. The van der Waals surface area contributed by atoms with Gasteiger partial charge >= 0.3 is 0 Å². The number of rotatable bonds is 3. The number of carbonyl (C=O) groups excluding carboxylic acids is 2. The first kappa shape index (κ1) is 19.2. The second kappa shape index (κ2) is 7.35. The zero-order chi connectivity index (χ0) is 20.6. The molecule has 1 saturated heterocycles. The number of likely N-dealkylation sites (tertiary alicyclic amines) is 1. The molecule has 150 valence electrons. The number of nitrogens with one attached hydrogen (secondary N) is 1. The molecule has 6 nitrogen and oxygen atoms in total. The van der Waals surface area contributed by atoms with Crippen LogP contribution >= 0.6 is 0 Å². The summed E-state index contributed by atoms with van der Waals surface area (Å²) in [5.41, 5.74) is 2.83. The molecule has 0 bridgehead atoms. The lowest BCUT2D eigenvalue weighted by molar-refractivity contribution is 0.0780. The number of amides is 2. The number of pyridine rings is 1. The van der Waals surface area contributed by atoms with E-state index >= 15 is 0 Å². The summed E-state index contributed by atoms with van der Waals surface area (Å²) in [5, 5.41) is 2.91. The maximum Gasteiger partial charge on any atom is 0.290 e. The largest absolute Gasteiger partial charge is 0.336 e. The summed E-state index contributed by atoms with van der Waals surface area (Å²) in [5.74, 6) is -0.161. The second-order valence-corrected chi connectivity index (χ2v) is 8.52. The fraction of sp³-hybridized carbons (Fsp3) is 0.348. The highest BCUT2D eigenvalue weighted by Gasteiger charge is 2.26. The summed E-state index contributed by atoms with van der Waals surface area (Å²) in [6.45, 7) is 7.93. The van der Waals surface area contributed by atoms with Gasteiger partial charge in [-0.3, -0.25) is 14.0 Å². The Bertz CT molecular complexity index is 1050. The molecule has 1 aliphatic heterocycles. The van der Waals surface area contributed by atoms with Crippen molar-refractivity contribution in [3.05, 3.63) is 65.7 Å². The SMILES string of the molecule is CC(C)(C)c1ccc(NC(=O)c2nc(C(=O)N3CCCC3)n3ccccc23)cc1. The van der Waals surface area contributed by atoms with E-state index in [4.69, 9.17) is 0 Å². The van der Waals surface area contributed by atoms with Gasteiger partial charge in [-0.05, 0) is 48.1 Å². The van der Waals surface area contributed by atoms with Gasteiger partial charge in [-0.15, -0.1) is 0 Å². The highest BCUT2D eigenvalue weighted by Crippen LogP contribution is 2.24. The average molecular weight is 390 g/mol. The first-order chi connectivity index (χ1) is 13.8. The van der Waals surface area contributed by atoms with E-state index in [-0.39, 0.29) is 28.7 Å². The summed E-state index contributed by atoms with van der Waals surface area (Å²) in [6.07, 6.45) is 3.79. The van der Waals surface area contributed by atoms with Crippen molar-refractivity contribution in [1.82, 2.24) is 14.3 Å². The van der Waals surface area contributed by atoms with E-state index < -0.39 is 0 Å². The predicted octanol–water partition coefficient (Wildman–Crippen LogP) is 4.12. The third-order valence-electron chi connectivity index (χ3n) is 5.36. The number of benzene rings is 1. The number of fused-ring (bicyclic) bond motifs is 1. The van der Waals surface area contributed by atoms with E-state index in [9.17, 15) is 9.59 Å². The zero-order valence-corrected chi connectivity index (χ0v) is 17.1. The van der Waals surface area contributed by atoms with Gasteiger partial charge in [0.1, 0.15) is 0 Å². The highest BCUT2D eigenvalue weighted by molar-refractivity contribution is 6.09. The van der Waals surface area contributed by atoms with Crippen LogP contribution in [0, 0.1) is 0 Å². The lowest BCUT2D eigenvalue weighted by atomic mass is 9.87. The molecule has 1 N–H and O–H groups in total. The molecular weight excluding hydrogens is 364 g/mol. The molecule has 1 aliphatic rings. The molecule has 29 heavy (non-hydrogen) atoms. The van der Waals surface area contributed by atoms with Gasteiger partial charge in [0.2, 0.25) is 5.82 Å². The van der Waals surface area contributed by atoms with Crippen molar-refractivity contribution in [1.29, 1.82) is 0 Å². The van der Waals surface area contributed by atoms with Gasteiger partial charge in [0, 0.05) is 25.0 Å². The van der Waals surface area contributed by atoms with Crippen LogP contribution in [0.15, 0.2) is 48.7 Å². The van der Waals surface area contributed by atoms with Crippen LogP contribution in [-0.2, 0) is 5.41 Å². The Hall–Kier alpha value is -3.15. The Labute approximate surface area is 170 Å². The lowest BCUT2D eigenvalue weighted by Crippen LogP contribution is -2.29. The molecule has 2 amide bonds. The van der Waals surface area contributed by atoms with Gasteiger partial charge in [0.05, 0.1) is 5.52 Å². The molecule has 3 aromatic rings. The number of anilines is 1. The number of nitrogens with zero attached hydrogens (tertiary/aromatic N) is 3. The Kier molecular flexibility index (Phi) is 4.86. The fourth-order valence-electron chi connectivity index (χ4n) is 3.66. The molecule has 3 heterocycles. The molecule has 6 heteroatoms. The molecular formula is C23H26N4O2. The maximum atomic E-state index is 13.0. The smallest absolute Gasteiger partial charge is 0.290 e. The summed E-state index contributed by atoms with van der Waals surface area (Å²) in [4.78, 5) is 32.1. The lowest BCUT2D eigenvalue weighted by Gasteiger charge is -2.19. The van der Waals surface area contributed by atoms with E-state index in [0.29, 0.717) is 11.2 Å². The van der Waals surface area contributed by atoms with Crippen LogP contribution < -0.4 is 5.32 Å². The van der Waals surface area contributed by atoms with Gasteiger partial charge in [-0.1, -0.05) is 39.0 Å². The molecule has 2 aromatic heterocycles. The Morgan fingerprint density at radius 3 is 2.34 bits per heavy atom. The van der Waals surface area contributed by atoms with E-state index in [1.54, 1.807) is 15.5 Å². The van der Waals surface area contributed by atoms with Crippen LogP contribution in [0.4, 0.5) is 5.69 Å². The highest BCUT2D eigenvalue weighted by atomic mass is 16.2. The molecule has 1 fully saturated rings. The van der Waals surface area contributed by atoms with Crippen LogP contribution in [-0.4, -0.2) is 39.2 Å². The number of hydrogen-bond acceptors (Lipinski definition) is 3. The predicted molar refractivity (Wildman–Crippen MR) is 113 cm³/mol. The standard InChI is InChI=1S/C23H26N4O2/c1-23(2,3)16-9-11-17(12-10-16)24-21(28)19-18-8-4-5-15-27(18)20(25-19)22(29)26-13-6-7-14-26/h4-5,8-12,15H,6-7,13-14H2,1-3H3,(H,24,28). The first-order valence-corrected chi connectivity index (χ1v) is 10.0.